The summed E-state index contributed by atoms with van der Waals surface area (Å²) in [6.45, 7) is 12.0. The van der Waals surface area contributed by atoms with Gasteiger partial charge in [0, 0.05) is 37.3 Å². The molecule has 1 aliphatic heterocycles. The van der Waals surface area contributed by atoms with E-state index in [1.165, 1.54) is 0 Å². The number of rotatable bonds is 3. The van der Waals surface area contributed by atoms with Gasteiger partial charge in [0.05, 0.1) is 0 Å². The third kappa shape index (κ3) is 4.91. The molecular formula is C12H27N5. The molecule has 0 amide bonds. The summed E-state index contributed by atoms with van der Waals surface area (Å²) in [5.41, 5.74) is 5.57. The van der Waals surface area contributed by atoms with E-state index in [1.807, 2.05) is 0 Å². The Morgan fingerprint density at radius 2 is 2.24 bits per heavy atom. The molecule has 0 spiro atoms. The number of nitrogens with one attached hydrogen (secondary N) is 3. The zero-order chi connectivity index (χ0) is 13.1. The van der Waals surface area contributed by atoms with Crippen molar-refractivity contribution in [1.29, 1.82) is 5.41 Å². The third-order valence-corrected chi connectivity index (χ3v) is 3.24. The predicted octanol–water partition coefficient (Wildman–Crippen LogP) is 0.320. The summed E-state index contributed by atoms with van der Waals surface area (Å²) in [6.07, 6.45) is 0.992. The molecule has 1 saturated heterocycles. The average Bonchev–Trinajstić information content (AvgIpc) is 2.15. The highest BCUT2D eigenvalue weighted by Crippen LogP contribution is 2.16. The van der Waals surface area contributed by atoms with Gasteiger partial charge in [0.25, 0.3) is 0 Å². The summed E-state index contributed by atoms with van der Waals surface area (Å²) >= 11 is 0. The van der Waals surface area contributed by atoms with Crippen LogP contribution < -0.4 is 16.4 Å². The van der Waals surface area contributed by atoms with Crippen LogP contribution >= 0.6 is 0 Å². The lowest BCUT2D eigenvalue weighted by Gasteiger charge is -2.42. The first-order valence-corrected chi connectivity index (χ1v) is 6.38. The summed E-state index contributed by atoms with van der Waals surface area (Å²) in [5.74, 6) is 0.0565. The monoisotopic (exact) mass is 241 g/mol. The lowest BCUT2D eigenvalue weighted by Crippen LogP contribution is -2.58. The molecule has 0 bridgehead atoms. The fraction of sp³-hybridized carbons (Fsp3) is 0.917. The summed E-state index contributed by atoms with van der Waals surface area (Å²) < 4.78 is 0. The molecule has 1 heterocycles. The Morgan fingerprint density at radius 1 is 1.59 bits per heavy atom. The van der Waals surface area contributed by atoms with Gasteiger partial charge in [0.1, 0.15) is 0 Å². The first-order valence-electron chi connectivity index (χ1n) is 6.38. The molecule has 0 radical (unpaired) electrons. The van der Waals surface area contributed by atoms with E-state index in [2.05, 4.69) is 43.2 Å². The fourth-order valence-corrected chi connectivity index (χ4v) is 2.34. The number of hydrogen-bond acceptors (Lipinski definition) is 3. The molecule has 1 fully saturated rings. The molecule has 2 unspecified atom stereocenters. The minimum atomic E-state index is 0.0565. The van der Waals surface area contributed by atoms with Gasteiger partial charge in [-0.05, 0) is 34.1 Å². The largest absolute Gasteiger partial charge is 0.370 e. The highest BCUT2D eigenvalue weighted by Gasteiger charge is 2.28. The van der Waals surface area contributed by atoms with Gasteiger partial charge in [-0.2, -0.15) is 0 Å². The van der Waals surface area contributed by atoms with Gasteiger partial charge >= 0.3 is 0 Å². The number of nitrogens with two attached hydrogens (primary N) is 1. The van der Waals surface area contributed by atoms with Crippen molar-refractivity contribution in [2.75, 3.05) is 19.6 Å². The van der Waals surface area contributed by atoms with Crippen molar-refractivity contribution in [2.45, 2.75) is 51.7 Å². The summed E-state index contributed by atoms with van der Waals surface area (Å²) in [7, 11) is 0. The molecule has 100 valence electrons. The molecule has 2 atom stereocenters. The number of piperazine rings is 1. The van der Waals surface area contributed by atoms with Crippen molar-refractivity contribution in [3.05, 3.63) is 0 Å². The van der Waals surface area contributed by atoms with Crippen molar-refractivity contribution < 1.29 is 0 Å². The van der Waals surface area contributed by atoms with Crippen molar-refractivity contribution in [1.82, 2.24) is 15.5 Å². The zero-order valence-corrected chi connectivity index (χ0v) is 11.5. The van der Waals surface area contributed by atoms with Crippen molar-refractivity contribution in [3.63, 3.8) is 0 Å². The molecule has 0 aromatic carbocycles. The van der Waals surface area contributed by atoms with Gasteiger partial charge < -0.3 is 16.4 Å². The Morgan fingerprint density at radius 3 is 2.76 bits per heavy atom. The number of hydrogen-bond donors (Lipinski definition) is 4. The van der Waals surface area contributed by atoms with E-state index >= 15 is 0 Å². The van der Waals surface area contributed by atoms with E-state index in [9.17, 15) is 0 Å². The van der Waals surface area contributed by atoms with Crippen LogP contribution in [0.2, 0.25) is 0 Å². The van der Waals surface area contributed by atoms with E-state index in [4.69, 9.17) is 11.1 Å². The molecule has 1 aliphatic rings. The average molecular weight is 241 g/mol. The van der Waals surface area contributed by atoms with Crippen LogP contribution in [-0.4, -0.2) is 48.1 Å². The molecular weight excluding hydrogens is 214 g/mol. The second kappa shape index (κ2) is 5.69. The van der Waals surface area contributed by atoms with Gasteiger partial charge in [0.15, 0.2) is 5.96 Å². The standard InChI is InChI=1S/C12H27N5/c1-9(16-11(13)14)7-10-8-17(6-5-15-10)12(2,3)4/h9-10,15H,5-8H2,1-4H3,(H4,13,14,16). The van der Waals surface area contributed by atoms with Gasteiger partial charge in [-0.3, -0.25) is 10.3 Å². The van der Waals surface area contributed by atoms with Crippen molar-refractivity contribution in [3.8, 4) is 0 Å². The van der Waals surface area contributed by atoms with Crippen LogP contribution in [0.4, 0.5) is 0 Å². The van der Waals surface area contributed by atoms with Gasteiger partial charge in [-0.15, -0.1) is 0 Å². The topological polar surface area (TPSA) is 77.2 Å². The minimum Gasteiger partial charge on any atom is -0.370 e. The second-order valence-corrected chi connectivity index (χ2v) is 5.96. The number of guanidine groups is 1. The van der Waals surface area contributed by atoms with Crippen LogP contribution in [0.15, 0.2) is 0 Å². The summed E-state index contributed by atoms with van der Waals surface area (Å²) in [6, 6.07) is 0.717. The zero-order valence-electron chi connectivity index (χ0n) is 11.5. The van der Waals surface area contributed by atoms with E-state index in [-0.39, 0.29) is 17.5 Å². The Kier molecular flexibility index (Phi) is 4.77. The fourth-order valence-electron chi connectivity index (χ4n) is 2.34. The maximum absolute atomic E-state index is 7.22. The lowest BCUT2D eigenvalue weighted by molar-refractivity contribution is 0.0916. The summed E-state index contributed by atoms with van der Waals surface area (Å²) in [4.78, 5) is 2.51. The summed E-state index contributed by atoms with van der Waals surface area (Å²) in [5, 5.41) is 13.7. The SMILES string of the molecule is CC(CC1CN(C(C)(C)C)CCN1)NC(=N)N. The molecule has 0 aliphatic carbocycles. The Bertz CT molecular complexity index is 258. The molecule has 0 saturated carbocycles. The normalized spacial score (nSPS) is 24.4. The predicted molar refractivity (Wildman–Crippen MR) is 72.2 cm³/mol. The molecule has 5 N–H and O–H groups in total. The van der Waals surface area contributed by atoms with Crippen LogP contribution in [0.3, 0.4) is 0 Å². The van der Waals surface area contributed by atoms with Crippen LogP contribution in [0, 0.1) is 5.41 Å². The van der Waals surface area contributed by atoms with Crippen molar-refractivity contribution >= 4 is 5.96 Å². The Labute approximate surface area is 105 Å². The lowest BCUT2D eigenvalue weighted by atomic mass is 10.00. The Balaban J connectivity index is 2.42. The van der Waals surface area contributed by atoms with Crippen LogP contribution in [0.25, 0.3) is 0 Å². The molecule has 17 heavy (non-hydrogen) atoms. The third-order valence-electron chi connectivity index (χ3n) is 3.24. The maximum atomic E-state index is 7.22. The molecule has 1 rings (SSSR count). The van der Waals surface area contributed by atoms with Gasteiger partial charge in [-0.1, -0.05) is 0 Å². The van der Waals surface area contributed by atoms with E-state index in [1.54, 1.807) is 0 Å². The molecule has 0 aromatic heterocycles. The van der Waals surface area contributed by atoms with Crippen LogP contribution in [0.5, 0.6) is 0 Å². The molecule has 0 aromatic rings. The van der Waals surface area contributed by atoms with E-state index < -0.39 is 0 Å². The number of nitrogens with zero attached hydrogens (tertiary/aromatic N) is 1. The van der Waals surface area contributed by atoms with Gasteiger partial charge in [-0.25, -0.2) is 0 Å². The van der Waals surface area contributed by atoms with Crippen LogP contribution in [0.1, 0.15) is 34.1 Å². The second-order valence-electron chi connectivity index (χ2n) is 5.96. The smallest absolute Gasteiger partial charge is 0.185 e. The van der Waals surface area contributed by atoms with E-state index in [0.717, 1.165) is 26.1 Å². The van der Waals surface area contributed by atoms with E-state index in [0.29, 0.717) is 6.04 Å². The quantitative estimate of drug-likeness (QED) is 0.424. The minimum absolute atomic E-state index is 0.0565. The first kappa shape index (κ1) is 14.3. The highest BCUT2D eigenvalue weighted by atomic mass is 15.2. The first-order chi connectivity index (χ1) is 7.79. The van der Waals surface area contributed by atoms with Gasteiger partial charge in [0.2, 0.25) is 0 Å². The Hall–Kier alpha value is -0.810. The molecule has 5 heteroatoms. The van der Waals surface area contributed by atoms with Crippen molar-refractivity contribution in [2.24, 2.45) is 5.73 Å². The highest BCUT2D eigenvalue weighted by molar-refractivity contribution is 5.74. The van der Waals surface area contributed by atoms with Crippen LogP contribution in [-0.2, 0) is 0 Å². The maximum Gasteiger partial charge on any atom is 0.185 e. The molecule has 5 nitrogen and oxygen atoms in total.